The molecule has 0 aliphatic carbocycles. The van der Waals surface area contributed by atoms with Gasteiger partial charge in [0.25, 0.3) is 0 Å². The molecule has 3 rings (SSSR count). The van der Waals surface area contributed by atoms with Crippen molar-refractivity contribution in [2.45, 2.75) is 32.3 Å². The van der Waals surface area contributed by atoms with E-state index in [1.165, 1.54) is 12.1 Å². The highest BCUT2D eigenvalue weighted by Crippen LogP contribution is 2.15. The number of benzene rings is 2. The number of ether oxygens (including phenoxy) is 2. The molecule has 1 N–H and O–H groups in total. The zero-order valence-electron chi connectivity index (χ0n) is 20.1. The quantitative estimate of drug-likeness (QED) is 0.525. The van der Waals surface area contributed by atoms with Gasteiger partial charge in [-0.2, -0.15) is 8.78 Å². The van der Waals surface area contributed by atoms with E-state index in [2.05, 4.69) is 15.0 Å². The molecule has 0 atom stereocenters. The number of rotatable bonds is 11. The first kappa shape index (κ1) is 26.4. The van der Waals surface area contributed by atoms with Gasteiger partial charge in [0, 0.05) is 39.1 Å². The van der Waals surface area contributed by atoms with Crippen molar-refractivity contribution in [3.8, 4) is 11.5 Å². The minimum absolute atomic E-state index is 0.0677. The van der Waals surface area contributed by atoms with Crippen LogP contribution in [0.15, 0.2) is 48.5 Å². The average molecular weight is 490 g/mol. The fourth-order valence-corrected chi connectivity index (χ4v) is 4.02. The minimum Gasteiger partial charge on any atom is -0.497 e. The van der Waals surface area contributed by atoms with Crippen LogP contribution in [-0.2, 0) is 22.4 Å². The van der Waals surface area contributed by atoms with Gasteiger partial charge in [-0.3, -0.25) is 14.5 Å². The van der Waals surface area contributed by atoms with Crippen molar-refractivity contribution in [2.75, 3.05) is 46.4 Å². The number of alkyl halides is 2. The monoisotopic (exact) mass is 489 g/mol. The summed E-state index contributed by atoms with van der Waals surface area (Å²) in [5.74, 6) is 0.981. The molecule has 0 saturated carbocycles. The Morgan fingerprint density at radius 1 is 0.914 bits per heavy atom. The molecule has 190 valence electrons. The lowest BCUT2D eigenvalue weighted by Gasteiger charge is -2.22. The van der Waals surface area contributed by atoms with Gasteiger partial charge in [-0.15, -0.1) is 0 Å². The molecular formula is C26H33F2N3O4. The fraction of sp³-hybridized carbons (Fsp3) is 0.462. The van der Waals surface area contributed by atoms with Crippen molar-refractivity contribution in [1.82, 2.24) is 15.1 Å². The second kappa shape index (κ2) is 13.6. The molecule has 2 aromatic carbocycles. The smallest absolute Gasteiger partial charge is 0.387 e. The van der Waals surface area contributed by atoms with Crippen LogP contribution in [0.5, 0.6) is 11.5 Å². The highest BCUT2D eigenvalue weighted by Gasteiger charge is 2.20. The molecule has 9 heteroatoms. The van der Waals surface area contributed by atoms with E-state index < -0.39 is 6.61 Å². The summed E-state index contributed by atoms with van der Waals surface area (Å²) in [5.41, 5.74) is 2.02. The van der Waals surface area contributed by atoms with E-state index in [9.17, 15) is 18.4 Å². The third-order valence-corrected chi connectivity index (χ3v) is 5.98. The lowest BCUT2D eigenvalue weighted by molar-refractivity contribution is -0.131. The Morgan fingerprint density at radius 3 is 2.23 bits per heavy atom. The Kier molecular flexibility index (Phi) is 10.3. The van der Waals surface area contributed by atoms with Crippen molar-refractivity contribution in [3.63, 3.8) is 0 Å². The van der Waals surface area contributed by atoms with Gasteiger partial charge in [-0.05, 0) is 54.7 Å². The molecule has 1 aliphatic heterocycles. The Balaban J connectivity index is 1.34. The van der Waals surface area contributed by atoms with Crippen molar-refractivity contribution >= 4 is 11.8 Å². The maximum Gasteiger partial charge on any atom is 0.387 e. The molecule has 0 bridgehead atoms. The number of halogens is 2. The molecule has 0 aromatic heterocycles. The summed E-state index contributed by atoms with van der Waals surface area (Å²) in [4.78, 5) is 29.0. The fourth-order valence-electron chi connectivity index (χ4n) is 4.02. The Hall–Kier alpha value is -3.20. The summed E-state index contributed by atoms with van der Waals surface area (Å²) < 4.78 is 33.9. The molecule has 7 nitrogen and oxygen atoms in total. The maximum atomic E-state index is 12.7. The third-order valence-electron chi connectivity index (χ3n) is 5.98. The Bertz CT molecular complexity index is 939. The van der Waals surface area contributed by atoms with Gasteiger partial charge >= 0.3 is 6.61 Å². The second-order valence-corrected chi connectivity index (χ2v) is 8.48. The number of carbonyl (C=O) groups is 2. The molecule has 1 heterocycles. The highest BCUT2D eigenvalue weighted by atomic mass is 19.3. The van der Waals surface area contributed by atoms with Gasteiger partial charge in [0.1, 0.15) is 11.5 Å². The number of nitrogens with zero attached hydrogens (tertiary/aromatic N) is 2. The lowest BCUT2D eigenvalue weighted by atomic mass is 10.1. The molecular weight excluding hydrogens is 456 g/mol. The van der Waals surface area contributed by atoms with Gasteiger partial charge in [-0.25, -0.2) is 0 Å². The van der Waals surface area contributed by atoms with Crippen molar-refractivity contribution in [3.05, 3.63) is 59.7 Å². The summed E-state index contributed by atoms with van der Waals surface area (Å²) in [6.45, 7) is 0.636. The minimum atomic E-state index is -2.84. The lowest BCUT2D eigenvalue weighted by Crippen LogP contribution is -2.40. The summed E-state index contributed by atoms with van der Waals surface area (Å²) >= 11 is 0. The van der Waals surface area contributed by atoms with E-state index in [0.29, 0.717) is 45.4 Å². The van der Waals surface area contributed by atoms with Crippen LogP contribution in [-0.4, -0.2) is 74.6 Å². The first-order valence-corrected chi connectivity index (χ1v) is 11.9. The van der Waals surface area contributed by atoms with Crippen LogP contribution in [0.1, 0.15) is 24.0 Å². The van der Waals surface area contributed by atoms with Crippen LogP contribution < -0.4 is 14.8 Å². The van der Waals surface area contributed by atoms with E-state index in [1.807, 2.05) is 29.2 Å². The number of aryl methyl sites for hydroxylation is 1. The number of hydrogen-bond acceptors (Lipinski definition) is 5. The van der Waals surface area contributed by atoms with Crippen LogP contribution in [0, 0.1) is 0 Å². The van der Waals surface area contributed by atoms with Crippen LogP contribution >= 0.6 is 0 Å². The topological polar surface area (TPSA) is 71.1 Å². The Morgan fingerprint density at radius 2 is 1.57 bits per heavy atom. The van der Waals surface area contributed by atoms with E-state index >= 15 is 0 Å². The molecule has 1 fully saturated rings. The van der Waals surface area contributed by atoms with E-state index in [0.717, 1.165) is 29.8 Å². The van der Waals surface area contributed by atoms with Gasteiger partial charge in [0.2, 0.25) is 11.8 Å². The summed E-state index contributed by atoms with van der Waals surface area (Å²) in [6.07, 6.45) is 2.57. The third kappa shape index (κ3) is 9.16. The summed E-state index contributed by atoms with van der Waals surface area (Å²) in [6, 6.07) is 14.1. The van der Waals surface area contributed by atoms with Crippen LogP contribution in [0.3, 0.4) is 0 Å². The molecule has 1 aliphatic rings. The summed E-state index contributed by atoms with van der Waals surface area (Å²) in [7, 11) is 1.63. The van der Waals surface area contributed by atoms with Crippen LogP contribution in [0.4, 0.5) is 8.78 Å². The zero-order chi connectivity index (χ0) is 25.0. The predicted molar refractivity (Wildman–Crippen MR) is 129 cm³/mol. The van der Waals surface area contributed by atoms with Crippen molar-refractivity contribution < 1.29 is 27.8 Å². The number of carbonyl (C=O) groups excluding carboxylic acids is 2. The number of nitrogens with one attached hydrogen (secondary N) is 1. The van der Waals surface area contributed by atoms with E-state index in [1.54, 1.807) is 19.2 Å². The predicted octanol–water partition coefficient (Wildman–Crippen LogP) is 3.12. The second-order valence-electron chi connectivity index (χ2n) is 8.48. The number of amides is 2. The number of hydrogen-bond donors (Lipinski definition) is 1. The zero-order valence-corrected chi connectivity index (χ0v) is 20.1. The first-order valence-electron chi connectivity index (χ1n) is 11.9. The van der Waals surface area contributed by atoms with Gasteiger partial charge in [-0.1, -0.05) is 24.3 Å². The molecule has 1 saturated heterocycles. The van der Waals surface area contributed by atoms with Crippen LogP contribution in [0.2, 0.25) is 0 Å². The highest BCUT2D eigenvalue weighted by molar-refractivity contribution is 5.78. The molecule has 0 unspecified atom stereocenters. The Labute approximate surface area is 205 Å². The molecule has 2 aromatic rings. The molecule has 2 amide bonds. The largest absolute Gasteiger partial charge is 0.497 e. The molecule has 35 heavy (non-hydrogen) atoms. The molecule has 0 spiro atoms. The maximum absolute atomic E-state index is 12.7. The van der Waals surface area contributed by atoms with E-state index in [4.69, 9.17) is 4.74 Å². The standard InChI is InChI=1S/C26H33F2N3O4/c1-34-22-8-3-20(4-9-22)7-12-25(33)31-16-2-15-30(17-18-31)19-24(32)29-14-13-21-5-10-23(11-6-21)35-26(27)28/h3-6,8-11,26H,2,7,12-19H2,1H3,(H,29,32). The SMILES string of the molecule is COc1ccc(CCC(=O)N2CCCN(CC(=O)NCCc3ccc(OC(F)F)cc3)CC2)cc1. The van der Waals surface area contributed by atoms with E-state index in [-0.39, 0.29) is 24.1 Å². The van der Waals surface area contributed by atoms with Gasteiger partial charge in [0.05, 0.1) is 13.7 Å². The number of methoxy groups -OCH3 is 1. The normalized spacial score (nSPS) is 14.5. The van der Waals surface area contributed by atoms with Gasteiger partial charge in [0.15, 0.2) is 0 Å². The van der Waals surface area contributed by atoms with Crippen molar-refractivity contribution in [1.29, 1.82) is 0 Å². The first-order chi connectivity index (χ1) is 16.9. The molecule has 0 radical (unpaired) electrons. The average Bonchev–Trinajstić information content (AvgIpc) is 3.09. The van der Waals surface area contributed by atoms with Gasteiger partial charge < -0.3 is 19.7 Å². The van der Waals surface area contributed by atoms with Crippen molar-refractivity contribution in [2.24, 2.45) is 0 Å². The van der Waals surface area contributed by atoms with Crippen LogP contribution in [0.25, 0.3) is 0 Å². The summed E-state index contributed by atoms with van der Waals surface area (Å²) in [5, 5.41) is 2.90.